The van der Waals surface area contributed by atoms with Crippen LogP contribution in [0.15, 0.2) is 0 Å². The molecule has 1 atom stereocenters. The highest BCUT2D eigenvalue weighted by Gasteiger charge is 1.82. The molecule has 0 aliphatic carbocycles. The molecule has 36 valence electrons. The first-order chi connectivity index (χ1) is 3.31. The second-order valence-electron chi connectivity index (χ2n) is 1.14. The molecule has 1 N–H and O–H groups in total. The molecule has 0 spiro atoms. The maximum Gasteiger partial charge on any atom is 0.108 e. The molecular weight excluding hydrogens is 88.1 g/mol. The summed E-state index contributed by atoms with van der Waals surface area (Å²) in [5.74, 6) is 4.56. The Morgan fingerprint density at radius 3 is 2.43 bits per heavy atom. The summed E-state index contributed by atoms with van der Waals surface area (Å²) in [6.07, 6.45) is 6.62. The van der Waals surface area contributed by atoms with Gasteiger partial charge in [-0.1, -0.05) is 5.92 Å². The van der Waals surface area contributed by atoms with Crippen LogP contribution >= 0.6 is 0 Å². The molecule has 0 aromatic heterocycles. The minimum Gasteiger partial charge on any atom is -0.462 e. The number of rotatable bonds is 0. The van der Waals surface area contributed by atoms with Crippen LogP contribution in [0.2, 0.25) is 0 Å². The van der Waals surface area contributed by atoms with Crippen molar-refractivity contribution in [3.8, 4) is 24.4 Å². The van der Waals surface area contributed by atoms with E-state index in [1.165, 1.54) is 0 Å². The molecule has 0 amide bonds. The lowest BCUT2D eigenvalue weighted by molar-refractivity contribution is 0.515. The van der Waals surface area contributed by atoms with Crippen molar-refractivity contribution in [2.75, 3.05) is 0 Å². The lowest BCUT2D eigenvalue weighted by Crippen LogP contribution is -1.80. The van der Waals surface area contributed by atoms with Crippen LogP contribution in [-0.2, 0) is 0 Å². The van der Waals surface area contributed by atoms with Gasteiger partial charge in [0, 0.05) is 0 Å². The van der Waals surface area contributed by atoms with Crippen molar-refractivity contribution in [3.05, 3.63) is 0 Å². The zero-order chi connectivity index (χ0) is 5.70. The molecule has 1 unspecified atom stereocenters. The SMILES string of the molecule is C#CC(C)C#CO. The van der Waals surface area contributed by atoms with Gasteiger partial charge in [-0.05, 0) is 12.8 Å². The minimum atomic E-state index is -0.134. The van der Waals surface area contributed by atoms with E-state index in [0.717, 1.165) is 0 Å². The normalized spacial score (nSPS) is 10.3. The molecule has 0 rings (SSSR count). The predicted octanol–water partition coefficient (Wildman–Crippen LogP) is 0.589. The summed E-state index contributed by atoms with van der Waals surface area (Å²) in [6.45, 7) is 1.74. The summed E-state index contributed by atoms with van der Waals surface area (Å²) in [7, 11) is 0. The first kappa shape index (κ1) is 5.92. The van der Waals surface area contributed by atoms with E-state index in [1.54, 1.807) is 13.0 Å². The first-order valence-electron chi connectivity index (χ1n) is 1.92. The average molecular weight is 94.1 g/mol. The molecular formula is C6H6O. The third-order valence-electron chi connectivity index (χ3n) is 0.531. The van der Waals surface area contributed by atoms with Gasteiger partial charge in [0.1, 0.15) is 6.11 Å². The van der Waals surface area contributed by atoms with Crippen molar-refractivity contribution in [3.63, 3.8) is 0 Å². The second-order valence-corrected chi connectivity index (χ2v) is 1.14. The fourth-order valence-electron chi connectivity index (χ4n) is 0.138. The monoisotopic (exact) mass is 94.0 g/mol. The molecule has 0 bridgehead atoms. The Morgan fingerprint density at radius 2 is 2.29 bits per heavy atom. The highest BCUT2D eigenvalue weighted by atomic mass is 16.2. The van der Waals surface area contributed by atoms with Gasteiger partial charge in [-0.3, -0.25) is 0 Å². The highest BCUT2D eigenvalue weighted by Crippen LogP contribution is 1.83. The Labute approximate surface area is 43.4 Å². The van der Waals surface area contributed by atoms with Crippen molar-refractivity contribution in [2.24, 2.45) is 5.92 Å². The van der Waals surface area contributed by atoms with Crippen LogP contribution in [-0.4, -0.2) is 5.11 Å². The maximum absolute atomic E-state index is 7.91. The van der Waals surface area contributed by atoms with Gasteiger partial charge in [0.2, 0.25) is 0 Å². The van der Waals surface area contributed by atoms with E-state index < -0.39 is 0 Å². The van der Waals surface area contributed by atoms with Crippen molar-refractivity contribution in [2.45, 2.75) is 6.92 Å². The highest BCUT2D eigenvalue weighted by molar-refractivity contribution is 5.09. The van der Waals surface area contributed by atoms with Crippen molar-refractivity contribution >= 4 is 0 Å². The molecule has 0 aromatic rings. The number of aliphatic hydroxyl groups is 1. The first-order valence-corrected chi connectivity index (χ1v) is 1.92. The van der Waals surface area contributed by atoms with Gasteiger partial charge in [0.25, 0.3) is 0 Å². The molecule has 1 nitrogen and oxygen atoms in total. The topological polar surface area (TPSA) is 20.2 Å². The quantitative estimate of drug-likeness (QED) is 0.435. The lowest BCUT2D eigenvalue weighted by Gasteiger charge is -1.81. The molecule has 1 heteroatoms. The third kappa shape index (κ3) is 2.73. The Hall–Kier alpha value is -1.08. The average Bonchev–Trinajstić information content (AvgIpc) is 1.68. The fourth-order valence-corrected chi connectivity index (χ4v) is 0.138. The van der Waals surface area contributed by atoms with Gasteiger partial charge in [-0.25, -0.2) is 0 Å². The van der Waals surface area contributed by atoms with E-state index in [4.69, 9.17) is 11.5 Å². The van der Waals surface area contributed by atoms with Crippen LogP contribution in [0.4, 0.5) is 0 Å². The summed E-state index contributed by atoms with van der Waals surface area (Å²) in [5, 5.41) is 7.91. The van der Waals surface area contributed by atoms with Crippen LogP contribution in [0.25, 0.3) is 0 Å². The van der Waals surface area contributed by atoms with Gasteiger partial charge in [-0.15, -0.1) is 6.42 Å². The standard InChI is InChI=1S/C6H6O/c1-3-6(2)4-5-7/h1,6-7H,2H3. The van der Waals surface area contributed by atoms with Crippen LogP contribution in [0.3, 0.4) is 0 Å². The van der Waals surface area contributed by atoms with Gasteiger partial charge >= 0.3 is 0 Å². The zero-order valence-electron chi connectivity index (χ0n) is 4.10. The van der Waals surface area contributed by atoms with Gasteiger partial charge in [-0.2, -0.15) is 0 Å². The summed E-state index contributed by atoms with van der Waals surface area (Å²) < 4.78 is 0. The van der Waals surface area contributed by atoms with E-state index in [9.17, 15) is 0 Å². The molecule has 0 aromatic carbocycles. The molecule has 0 saturated heterocycles. The van der Waals surface area contributed by atoms with Gasteiger partial charge in [0.05, 0.1) is 5.92 Å². The summed E-state index contributed by atoms with van der Waals surface area (Å²) in [6, 6.07) is 0. The molecule has 0 radical (unpaired) electrons. The number of aliphatic hydroxyl groups excluding tert-OH is 1. The van der Waals surface area contributed by atoms with E-state index >= 15 is 0 Å². The largest absolute Gasteiger partial charge is 0.462 e. The molecule has 0 fully saturated rings. The van der Waals surface area contributed by atoms with Crippen LogP contribution < -0.4 is 0 Å². The summed E-state index contributed by atoms with van der Waals surface area (Å²) in [4.78, 5) is 0. The van der Waals surface area contributed by atoms with Gasteiger partial charge < -0.3 is 5.11 Å². The van der Waals surface area contributed by atoms with Crippen LogP contribution in [0, 0.1) is 30.3 Å². The van der Waals surface area contributed by atoms with Gasteiger partial charge in [0.15, 0.2) is 0 Å². The van der Waals surface area contributed by atoms with E-state index in [2.05, 4.69) is 11.8 Å². The van der Waals surface area contributed by atoms with E-state index in [-0.39, 0.29) is 5.92 Å². The Kier molecular flexibility index (Phi) is 2.64. The van der Waals surface area contributed by atoms with E-state index in [1.807, 2.05) is 0 Å². The second kappa shape index (κ2) is 3.12. The predicted molar refractivity (Wildman–Crippen MR) is 27.7 cm³/mol. The van der Waals surface area contributed by atoms with Crippen LogP contribution in [0.5, 0.6) is 0 Å². The Bertz CT molecular complexity index is 130. The lowest BCUT2D eigenvalue weighted by atomic mass is 10.2. The molecule has 0 aliphatic heterocycles. The zero-order valence-corrected chi connectivity index (χ0v) is 4.10. The van der Waals surface area contributed by atoms with Crippen molar-refractivity contribution in [1.29, 1.82) is 0 Å². The summed E-state index contributed by atoms with van der Waals surface area (Å²) >= 11 is 0. The summed E-state index contributed by atoms with van der Waals surface area (Å²) in [5.41, 5.74) is 0. The van der Waals surface area contributed by atoms with Crippen molar-refractivity contribution < 1.29 is 5.11 Å². The smallest absolute Gasteiger partial charge is 0.108 e. The third-order valence-corrected chi connectivity index (χ3v) is 0.531. The maximum atomic E-state index is 7.91. The Morgan fingerprint density at radius 1 is 1.71 bits per heavy atom. The Balaban J connectivity index is 3.57. The number of terminal acetylenes is 1. The number of hydrogen-bond donors (Lipinski definition) is 1. The van der Waals surface area contributed by atoms with E-state index in [0.29, 0.717) is 0 Å². The molecule has 0 saturated carbocycles. The molecule has 7 heavy (non-hydrogen) atoms. The molecule has 0 aliphatic rings. The fraction of sp³-hybridized carbons (Fsp3) is 0.333. The van der Waals surface area contributed by atoms with Crippen molar-refractivity contribution in [1.82, 2.24) is 0 Å². The van der Waals surface area contributed by atoms with Crippen LogP contribution in [0.1, 0.15) is 6.92 Å². The molecule has 0 heterocycles. The minimum absolute atomic E-state index is 0.134. The number of hydrogen-bond acceptors (Lipinski definition) is 1.